The summed E-state index contributed by atoms with van der Waals surface area (Å²) in [6, 6.07) is 1.85. The Morgan fingerprint density at radius 1 is 1.53 bits per heavy atom. The number of amides is 1. The molecule has 1 aliphatic heterocycles. The number of carbonyl (C=O) groups excluding carboxylic acids is 1. The lowest BCUT2D eigenvalue weighted by atomic mass is 9.96. The third-order valence-corrected chi connectivity index (χ3v) is 5.48. The summed E-state index contributed by atoms with van der Waals surface area (Å²) >= 11 is 8.31. The molecule has 0 spiro atoms. The Hall–Kier alpha value is 0.380. The van der Waals surface area contributed by atoms with Crippen LogP contribution in [0.5, 0.6) is 0 Å². The molecule has 2 rings (SSSR count). The van der Waals surface area contributed by atoms with Gasteiger partial charge in [0.15, 0.2) is 0 Å². The van der Waals surface area contributed by atoms with Crippen molar-refractivity contribution in [1.82, 2.24) is 10.6 Å². The van der Waals surface area contributed by atoms with Crippen LogP contribution in [0.2, 0.25) is 0 Å². The van der Waals surface area contributed by atoms with Crippen molar-refractivity contribution >= 4 is 61.5 Å². The van der Waals surface area contributed by atoms with E-state index in [2.05, 4.69) is 42.5 Å². The predicted molar refractivity (Wildman–Crippen MR) is 89.5 cm³/mol. The first kappa shape index (κ1) is 17.4. The Bertz CT molecular complexity index is 422. The number of piperidine rings is 1. The molecule has 1 aliphatic rings. The van der Waals surface area contributed by atoms with E-state index in [-0.39, 0.29) is 18.3 Å². The van der Waals surface area contributed by atoms with Crippen LogP contribution in [0, 0.1) is 5.92 Å². The summed E-state index contributed by atoms with van der Waals surface area (Å²) in [5.74, 6) is 0.712. The van der Waals surface area contributed by atoms with Crippen LogP contribution < -0.4 is 10.6 Å². The SMILES string of the molecule is Cl.O=C(NCCC1CCCNC1)c1cc(Br)sc1Br. The van der Waals surface area contributed by atoms with Crippen molar-refractivity contribution in [3.63, 3.8) is 0 Å². The minimum Gasteiger partial charge on any atom is -0.352 e. The van der Waals surface area contributed by atoms with E-state index < -0.39 is 0 Å². The van der Waals surface area contributed by atoms with Crippen molar-refractivity contribution in [2.24, 2.45) is 5.92 Å². The molecule has 1 aromatic rings. The number of halogens is 3. The highest BCUT2D eigenvalue weighted by Crippen LogP contribution is 2.31. The van der Waals surface area contributed by atoms with Gasteiger partial charge >= 0.3 is 0 Å². The number of rotatable bonds is 4. The van der Waals surface area contributed by atoms with Gasteiger partial charge in [0, 0.05) is 6.54 Å². The van der Waals surface area contributed by atoms with Crippen LogP contribution in [-0.2, 0) is 0 Å². The Morgan fingerprint density at radius 3 is 2.89 bits per heavy atom. The first-order chi connectivity index (χ1) is 8.66. The Labute approximate surface area is 140 Å². The molecule has 0 aliphatic carbocycles. The second-order valence-electron chi connectivity index (χ2n) is 4.49. The van der Waals surface area contributed by atoms with Crippen LogP contribution in [-0.4, -0.2) is 25.5 Å². The lowest BCUT2D eigenvalue weighted by Crippen LogP contribution is -2.33. The maximum atomic E-state index is 11.9. The molecule has 1 atom stereocenters. The minimum atomic E-state index is 0. The summed E-state index contributed by atoms with van der Waals surface area (Å²) in [4.78, 5) is 11.9. The smallest absolute Gasteiger partial charge is 0.253 e. The van der Waals surface area contributed by atoms with Crippen LogP contribution in [0.4, 0.5) is 0 Å². The summed E-state index contributed by atoms with van der Waals surface area (Å²) in [6.07, 6.45) is 3.58. The molecular formula is C12H17Br2ClN2OS. The summed E-state index contributed by atoms with van der Waals surface area (Å²) < 4.78 is 1.85. The van der Waals surface area contributed by atoms with E-state index in [4.69, 9.17) is 0 Å². The second-order valence-corrected chi connectivity index (χ2v) is 8.24. The highest BCUT2D eigenvalue weighted by Gasteiger charge is 2.15. The molecular weight excluding hydrogens is 415 g/mol. The van der Waals surface area contributed by atoms with Crippen molar-refractivity contribution in [3.8, 4) is 0 Å². The fourth-order valence-corrected chi connectivity index (χ4v) is 4.94. The molecule has 0 saturated carbocycles. The average molecular weight is 433 g/mol. The van der Waals surface area contributed by atoms with Crippen molar-refractivity contribution in [1.29, 1.82) is 0 Å². The molecule has 3 nitrogen and oxygen atoms in total. The molecule has 1 unspecified atom stereocenters. The monoisotopic (exact) mass is 430 g/mol. The van der Waals surface area contributed by atoms with Gasteiger partial charge in [-0.2, -0.15) is 0 Å². The van der Waals surface area contributed by atoms with Gasteiger partial charge in [0.25, 0.3) is 5.91 Å². The fraction of sp³-hybridized carbons (Fsp3) is 0.583. The molecule has 1 saturated heterocycles. The number of hydrogen-bond donors (Lipinski definition) is 2. The van der Waals surface area contributed by atoms with Gasteiger partial charge in [-0.3, -0.25) is 4.79 Å². The van der Waals surface area contributed by atoms with E-state index in [1.54, 1.807) is 0 Å². The zero-order valence-electron chi connectivity index (χ0n) is 10.4. The molecule has 1 amide bonds. The van der Waals surface area contributed by atoms with Crippen molar-refractivity contribution < 1.29 is 4.79 Å². The van der Waals surface area contributed by atoms with Gasteiger partial charge in [0.1, 0.15) is 0 Å². The van der Waals surface area contributed by atoms with Gasteiger partial charge < -0.3 is 10.6 Å². The quantitative estimate of drug-likeness (QED) is 0.760. The second kappa shape index (κ2) is 8.62. The van der Waals surface area contributed by atoms with Gasteiger partial charge in [0.05, 0.1) is 13.1 Å². The third-order valence-electron chi connectivity index (χ3n) is 3.14. The first-order valence-electron chi connectivity index (χ1n) is 6.10. The minimum absolute atomic E-state index is 0. The van der Waals surface area contributed by atoms with Gasteiger partial charge in [-0.25, -0.2) is 0 Å². The maximum absolute atomic E-state index is 11.9. The Kier molecular flexibility index (Phi) is 7.91. The van der Waals surface area contributed by atoms with Crippen LogP contribution >= 0.6 is 55.6 Å². The molecule has 7 heteroatoms. The summed E-state index contributed by atoms with van der Waals surface area (Å²) in [7, 11) is 0. The molecule has 108 valence electrons. The molecule has 2 N–H and O–H groups in total. The number of carbonyl (C=O) groups is 1. The van der Waals surface area contributed by atoms with Crippen molar-refractivity contribution in [2.75, 3.05) is 19.6 Å². The van der Waals surface area contributed by atoms with Gasteiger partial charge in [-0.05, 0) is 76.2 Å². The van der Waals surface area contributed by atoms with Crippen LogP contribution in [0.25, 0.3) is 0 Å². The molecule has 0 radical (unpaired) electrons. The Morgan fingerprint density at radius 2 is 2.32 bits per heavy atom. The summed E-state index contributed by atoms with van der Waals surface area (Å²) in [5.41, 5.74) is 0.716. The largest absolute Gasteiger partial charge is 0.352 e. The molecule has 19 heavy (non-hydrogen) atoms. The third kappa shape index (κ3) is 5.34. The standard InChI is InChI=1S/C12H16Br2N2OS.ClH/c13-10-6-9(11(14)18-10)12(17)16-5-3-8-2-1-4-15-7-8;/h6,8,15H,1-5,7H2,(H,16,17);1H. The van der Waals surface area contributed by atoms with E-state index >= 15 is 0 Å². The zero-order chi connectivity index (χ0) is 13.0. The first-order valence-corrected chi connectivity index (χ1v) is 8.51. The van der Waals surface area contributed by atoms with Gasteiger partial charge in [0.2, 0.25) is 0 Å². The fourth-order valence-electron chi connectivity index (χ4n) is 2.15. The topological polar surface area (TPSA) is 41.1 Å². The number of nitrogens with one attached hydrogen (secondary N) is 2. The number of thiophene rings is 1. The molecule has 0 aromatic carbocycles. The van der Waals surface area contributed by atoms with Crippen molar-refractivity contribution in [3.05, 3.63) is 19.2 Å². The molecule has 2 heterocycles. The zero-order valence-corrected chi connectivity index (χ0v) is 15.2. The molecule has 1 aromatic heterocycles. The van der Waals surface area contributed by atoms with Crippen LogP contribution in [0.3, 0.4) is 0 Å². The molecule has 1 fully saturated rings. The molecule has 0 bridgehead atoms. The number of hydrogen-bond acceptors (Lipinski definition) is 3. The van der Waals surface area contributed by atoms with E-state index in [9.17, 15) is 4.79 Å². The Balaban J connectivity index is 0.00000180. The normalized spacial score (nSPS) is 18.7. The lowest BCUT2D eigenvalue weighted by Gasteiger charge is -2.22. The van der Waals surface area contributed by atoms with Crippen molar-refractivity contribution in [2.45, 2.75) is 19.3 Å². The maximum Gasteiger partial charge on any atom is 0.253 e. The predicted octanol–water partition coefficient (Wildman–Crippen LogP) is 3.81. The van der Waals surface area contributed by atoms with Gasteiger partial charge in [-0.1, -0.05) is 0 Å². The van der Waals surface area contributed by atoms with E-state index in [0.29, 0.717) is 11.5 Å². The van der Waals surface area contributed by atoms with Crippen LogP contribution in [0.15, 0.2) is 13.6 Å². The van der Waals surface area contributed by atoms with E-state index in [0.717, 1.165) is 33.6 Å². The summed E-state index contributed by atoms with van der Waals surface area (Å²) in [5, 5.41) is 6.38. The van der Waals surface area contributed by atoms with Crippen LogP contribution in [0.1, 0.15) is 29.6 Å². The average Bonchev–Trinajstić information content (AvgIpc) is 2.70. The lowest BCUT2D eigenvalue weighted by molar-refractivity contribution is 0.0950. The van der Waals surface area contributed by atoms with Gasteiger partial charge in [-0.15, -0.1) is 23.7 Å². The highest BCUT2D eigenvalue weighted by molar-refractivity contribution is 9.12. The summed E-state index contributed by atoms with van der Waals surface area (Å²) in [6.45, 7) is 2.98. The van der Waals surface area contributed by atoms with E-state index in [1.165, 1.54) is 24.2 Å². The van der Waals surface area contributed by atoms with E-state index in [1.807, 2.05) is 6.07 Å². The highest BCUT2D eigenvalue weighted by atomic mass is 79.9.